The van der Waals surface area contributed by atoms with Crippen LogP contribution in [0, 0.1) is 5.82 Å². The first kappa shape index (κ1) is 25.8. The first-order chi connectivity index (χ1) is 18.6. The molecule has 6 nitrogen and oxygen atoms in total. The van der Waals surface area contributed by atoms with Gasteiger partial charge in [-0.25, -0.2) is 19.2 Å². The van der Waals surface area contributed by atoms with Crippen LogP contribution in [0.15, 0.2) is 60.7 Å². The summed E-state index contributed by atoms with van der Waals surface area (Å²) >= 11 is 1.32. The van der Waals surface area contributed by atoms with Crippen molar-refractivity contribution in [2.24, 2.45) is 0 Å². The summed E-state index contributed by atoms with van der Waals surface area (Å²) in [7, 11) is 0. The molecule has 2 fully saturated rings. The van der Waals surface area contributed by atoms with Crippen LogP contribution in [0.25, 0.3) is 20.9 Å². The maximum atomic E-state index is 15.3. The topological polar surface area (TPSA) is 84.3 Å². The highest BCUT2D eigenvalue weighted by molar-refractivity contribution is 7.21. The number of benzene rings is 2. The second-order valence-corrected chi connectivity index (χ2v) is 10.9. The van der Waals surface area contributed by atoms with Crippen molar-refractivity contribution in [3.05, 3.63) is 83.3 Å². The van der Waals surface area contributed by atoms with Gasteiger partial charge in [-0.15, -0.1) is 0 Å². The van der Waals surface area contributed by atoms with Crippen molar-refractivity contribution in [1.82, 2.24) is 15.3 Å². The summed E-state index contributed by atoms with van der Waals surface area (Å²) in [4.78, 5) is 21.2. The zero-order valence-corrected chi connectivity index (χ0v) is 21.2. The van der Waals surface area contributed by atoms with Crippen LogP contribution in [0.2, 0.25) is 0 Å². The van der Waals surface area contributed by atoms with Crippen molar-refractivity contribution in [1.29, 1.82) is 0 Å². The Morgan fingerprint density at radius 1 is 1.10 bits per heavy atom. The molecule has 4 aromatic rings. The van der Waals surface area contributed by atoms with Crippen LogP contribution in [0.3, 0.4) is 0 Å². The third kappa shape index (κ3) is 4.90. The van der Waals surface area contributed by atoms with Crippen molar-refractivity contribution >= 4 is 27.7 Å². The lowest BCUT2D eigenvalue weighted by Gasteiger charge is -2.19. The average Bonchev–Trinajstić information content (AvgIpc) is 3.37. The Bertz CT molecular complexity index is 1540. The smallest absolute Gasteiger partial charge is 0.428 e. The molecule has 11 heteroatoms. The standard InChI is InChI=1S/C28H23F4N3O3S/c29-19-12-15(16-13-21(33-14-16)25(36)38-26(37)28(30,31)32)6-7-18(19)23-34-20-8-9-22(35-24(20)39-23)27(10-11-27)17-4-2-1-3-5-17/h1-9,12,16,21,25,33,36H,10-11,13-14H2/t16-,21+,25?/m1/s1. The molecule has 1 aliphatic heterocycles. The normalized spacial score (nSPS) is 21.2. The molecule has 1 unspecified atom stereocenters. The van der Waals surface area contributed by atoms with Crippen molar-refractivity contribution in [2.45, 2.75) is 49.1 Å². The van der Waals surface area contributed by atoms with E-state index in [1.165, 1.54) is 23.0 Å². The summed E-state index contributed by atoms with van der Waals surface area (Å²) in [6.45, 7) is 0.279. The Balaban J connectivity index is 1.19. The van der Waals surface area contributed by atoms with Crippen LogP contribution in [0.4, 0.5) is 17.6 Å². The predicted octanol–water partition coefficient (Wildman–Crippen LogP) is 5.45. The predicted molar refractivity (Wildman–Crippen MR) is 137 cm³/mol. The number of halogens is 4. The Labute approximate surface area is 224 Å². The summed E-state index contributed by atoms with van der Waals surface area (Å²) in [5, 5.41) is 13.3. The zero-order chi connectivity index (χ0) is 27.4. The number of carbonyl (C=O) groups excluding carboxylic acids is 1. The largest absolute Gasteiger partial charge is 0.491 e. The van der Waals surface area contributed by atoms with Crippen molar-refractivity contribution < 1.29 is 32.2 Å². The Kier molecular flexibility index (Phi) is 6.40. The van der Waals surface area contributed by atoms with Crippen LogP contribution in [-0.4, -0.2) is 46.1 Å². The number of carbonyl (C=O) groups is 1. The van der Waals surface area contributed by atoms with E-state index < -0.39 is 30.3 Å². The number of aromatic nitrogens is 2. The molecular weight excluding hydrogens is 534 g/mol. The lowest BCUT2D eigenvalue weighted by Crippen LogP contribution is -2.41. The number of alkyl halides is 3. The van der Waals surface area contributed by atoms with Crippen molar-refractivity contribution in [2.75, 3.05) is 6.54 Å². The second kappa shape index (κ2) is 9.65. The minimum Gasteiger partial charge on any atom is -0.428 e. The molecule has 0 spiro atoms. The molecule has 2 aliphatic rings. The maximum Gasteiger partial charge on any atom is 0.491 e. The summed E-state index contributed by atoms with van der Waals surface area (Å²) in [5.41, 5.74) is 3.76. The molecule has 2 aromatic carbocycles. The molecule has 0 bridgehead atoms. The number of aliphatic hydroxyl groups is 1. The molecule has 3 heterocycles. The van der Waals surface area contributed by atoms with E-state index in [0.717, 1.165) is 23.4 Å². The molecule has 2 N–H and O–H groups in total. The van der Waals surface area contributed by atoms with Crippen LogP contribution in [0.1, 0.15) is 42.0 Å². The van der Waals surface area contributed by atoms with Crippen molar-refractivity contribution in [3.8, 4) is 10.6 Å². The number of pyridine rings is 1. The molecule has 1 saturated carbocycles. The summed E-state index contributed by atoms with van der Waals surface area (Å²) in [6.07, 6.45) is -4.95. The molecule has 1 aliphatic carbocycles. The number of nitrogens with one attached hydrogen (secondary N) is 1. The SMILES string of the molecule is O=C(OC(O)[C@@H]1C[C@@H](c2ccc(-c3nc4ccc(C5(c6ccccc6)CC5)nc4s3)c(F)c2)CN1)C(F)(F)F. The Morgan fingerprint density at radius 3 is 2.56 bits per heavy atom. The minimum atomic E-state index is -5.20. The van der Waals surface area contributed by atoms with Gasteiger partial charge in [-0.05, 0) is 60.6 Å². The van der Waals surface area contributed by atoms with E-state index >= 15 is 4.39 Å². The number of nitrogens with zero attached hydrogens (tertiary/aromatic N) is 2. The first-order valence-electron chi connectivity index (χ1n) is 12.5. The van der Waals surface area contributed by atoms with E-state index in [4.69, 9.17) is 4.98 Å². The monoisotopic (exact) mass is 557 g/mol. The first-order valence-corrected chi connectivity index (χ1v) is 13.3. The van der Waals surface area contributed by atoms with Gasteiger partial charge in [-0.1, -0.05) is 47.7 Å². The number of esters is 1. The van der Waals surface area contributed by atoms with Gasteiger partial charge in [0.05, 0.1) is 11.7 Å². The van der Waals surface area contributed by atoms with Gasteiger partial charge in [0.15, 0.2) is 0 Å². The molecule has 1 saturated heterocycles. The third-order valence-electron chi connectivity index (χ3n) is 7.49. The number of hydrogen-bond donors (Lipinski definition) is 2. The number of fused-ring (bicyclic) bond motifs is 1. The van der Waals surface area contributed by atoms with Crippen LogP contribution in [-0.2, 0) is 14.9 Å². The lowest BCUT2D eigenvalue weighted by atomic mass is 9.92. The van der Waals surface area contributed by atoms with E-state index in [0.29, 0.717) is 21.7 Å². The van der Waals surface area contributed by atoms with Crippen LogP contribution < -0.4 is 5.32 Å². The fourth-order valence-electron chi connectivity index (χ4n) is 5.23. The molecule has 3 atom stereocenters. The number of aliphatic hydroxyl groups excluding tert-OH is 1. The molecule has 39 heavy (non-hydrogen) atoms. The fraction of sp³-hybridized carbons (Fsp3) is 0.321. The van der Waals surface area contributed by atoms with Gasteiger partial charge in [0.25, 0.3) is 0 Å². The number of hydrogen-bond acceptors (Lipinski definition) is 7. The number of rotatable bonds is 6. The van der Waals surface area contributed by atoms with E-state index in [9.17, 15) is 23.1 Å². The van der Waals surface area contributed by atoms with Gasteiger partial charge in [-0.2, -0.15) is 13.2 Å². The second-order valence-electron chi connectivity index (χ2n) is 9.97. The molecular formula is C28H23F4N3O3S. The fourth-order valence-corrected chi connectivity index (χ4v) is 6.19. The molecule has 0 amide bonds. The highest BCUT2D eigenvalue weighted by atomic mass is 32.1. The number of ether oxygens (including phenoxy) is 1. The minimum absolute atomic E-state index is 0.0850. The number of thiazole rings is 1. The van der Waals surface area contributed by atoms with Gasteiger partial charge >= 0.3 is 12.1 Å². The summed E-state index contributed by atoms with van der Waals surface area (Å²) in [6, 6.07) is 18.0. The maximum absolute atomic E-state index is 15.3. The van der Waals surface area contributed by atoms with Gasteiger partial charge in [-0.3, -0.25) is 0 Å². The van der Waals surface area contributed by atoms with Crippen molar-refractivity contribution in [3.63, 3.8) is 0 Å². The molecule has 202 valence electrons. The zero-order valence-electron chi connectivity index (χ0n) is 20.4. The quantitative estimate of drug-likeness (QED) is 0.187. The Hall–Kier alpha value is -3.41. The van der Waals surface area contributed by atoms with Gasteiger partial charge in [0.2, 0.25) is 6.29 Å². The highest BCUT2D eigenvalue weighted by Gasteiger charge is 2.47. The van der Waals surface area contributed by atoms with Gasteiger partial charge in [0.1, 0.15) is 21.2 Å². The molecule has 2 aromatic heterocycles. The van der Waals surface area contributed by atoms with E-state index in [-0.39, 0.29) is 24.3 Å². The average molecular weight is 558 g/mol. The lowest BCUT2D eigenvalue weighted by molar-refractivity contribution is -0.222. The van der Waals surface area contributed by atoms with Gasteiger partial charge < -0.3 is 15.2 Å². The van der Waals surface area contributed by atoms with Crippen LogP contribution >= 0.6 is 11.3 Å². The third-order valence-corrected chi connectivity index (χ3v) is 8.48. The van der Waals surface area contributed by atoms with E-state index in [2.05, 4.69) is 27.2 Å². The van der Waals surface area contributed by atoms with E-state index in [1.807, 2.05) is 30.3 Å². The van der Waals surface area contributed by atoms with E-state index in [1.54, 1.807) is 12.1 Å². The molecule has 6 rings (SSSR count). The Morgan fingerprint density at radius 2 is 1.87 bits per heavy atom. The molecule has 0 radical (unpaired) electrons. The summed E-state index contributed by atoms with van der Waals surface area (Å²) < 4.78 is 56.6. The highest BCUT2D eigenvalue weighted by Crippen LogP contribution is 2.53. The van der Waals surface area contributed by atoms with Gasteiger partial charge in [0, 0.05) is 17.5 Å². The summed E-state index contributed by atoms with van der Waals surface area (Å²) in [5.74, 6) is -3.23. The van der Waals surface area contributed by atoms with Crippen LogP contribution in [0.5, 0.6) is 0 Å².